The highest BCUT2D eigenvalue weighted by Crippen LogP contribution is 2.29. The Morgan fingerprint density at radius 1 is 1.11 bits per heavy atom. The molecule has 3 heterocycles. The zero-order valence-corrected chi connectivity index (χ0v) is 20.7. The third-order valence-corrected chi connectivity index (χ3v) is 6.93. The summed E-state index contributed by atoms with van der Waals surface area (Å²) < 4.78 is 1.91. The molecule has 9 heteroatoms. The third-order valence-electron chi connectivity index (χ3n) is 6.93. The number of pyridine rings is 1. The molecule has 9 nitrogen and oxygen atoms in total. The maximum Gasteiger partial charge on any atom is 0.217 e. The van der Waals surface area contributed by atoms with E-state index >= 15 is 0 Å². The molecule has 1 aromatic carbocycles. The Morgan fingerprint density at radius 2 is 1.94 bits per heavy atom. The van der Waals surface area contributed by atoms with Crippen molar-refractivity contribution in [1.82, 2.24) is 40.4 Å². The molecule has 1 aliphatic rings. The van der Waals surface area contributed by atoms with Gasteiger partial charge in [-0.15, -0.1) is 10.2 Å². The molecule has 0 unspecified atom stereocenters. The van der Waals surface area contributed by atoms with Crippen molar-refractivity contribution in [1.29, 1.82) is 0 Å². The van der Waals surface area contributed by atoms with Crippen molar-refractivity contribution in [2.75, 3.05) is 0 Å². The number of nitrogens with zero attached hydrogens (tertiary/aromatic N) is 7. The van der Waals surface area contributed by atoms with Gasteiger partial charge in [0.1, 0.15) is 11.5 Å². The number of Topliss-reactive ketones (excluding diaryl/α,β-unsaturated/α-hetero) is 1. The Labute approximate surface area is 210 Å². The number of aryl methyl sites for hydroxylation is 1. The van der Waals surface area contributed by atoms with Gasteiger partial charge in [-0.2, -0.15) is 0 Å². The van der Waals surface area contributed by atoms with E-state index in [1.807, 2.05) is 16.8 Å². The van der Waals surface area contributed by atoms with Gasteiger partial charge in [-0.1, -0.05) is 75.8 Å². The van der Waals surface area contributed by atoms with Crippen LogP contribution in [0.5, 0.6) is 0 Å². The fourth-order valence-corrected chi connectivity index (χ4v) is 4.93. The Bertz CT molecular complexity index is 1270. The second-order valence-corrected chi connectivity index (χ2v) is 9.59. The molecular weight excluding hydrogens is 452 g/mol. The van der Waals surface area contributed by atoms with Crippen LogP contribution in [0.3, 0.4) is 0 Å². The standard InChI is InChI=1S/C27H32N8O/c1-2-3-11-24-29-26(23(36)17-19-8-5-4-6-9-19)32-35(24)18-20-12-14-21(15-13-20)22-10-7-16-28-25(22)27-30-33-34-31-27/h7,10,12-16,19H,2-6,8-9,11,17-18H2,1H3,(H,30,31,33,34). The van der Waals surface area contributed by atoms with E-state index in [0.717, 1.165) is 54.6 Å². The van der Waals surface area contributed by atoms with Crippen molar-refractivity contribution >= 4 is 5.78 Å². The lowest BCUT2D eigenvalue weighted by molar-refractivity contribution is 0.0939. The van der Waals surface area contributed by atoms with Crippen LogP contribution >= 0.6 is 0 Å². The highest BCUT2D eigenvalue weighted by Gasteiger charge is 2.22. The number of H-pyrrole nitrogens is 1. The molecule has 0 radical (unpaired) electrons. The monoisotopic (exact) mass is 484 g/mol. The van der Waals surface area contributed by atoms with Crippen LogP contribution < -0.4 is 0 Å². The number of carbonyl (C=O) groups excluding carboxylic acids is 1. The summed E-state index contributed by atoms with van der Waals surface area (Å²) in [6.07, 6.45) is 11.3. The highest BCUT2D eigenvalue weighted by atomic mass is 16.1. The second-order valence-electron chi connectivity index (χ2n) is 9.59. The number of hydrogen-bond acceptors (Lipinski definition) is 7. The van der Waals surface area contributed by atoms with E-state index in [2.05, 4.69) is 66.9 Å². The van der Waals surface area contributed by atoms with E-state index in [9.17, 15) is 4.79 Å². The normalized spacial score (nSPS) is 14.2. The molecule has 1 N–H and O–H groups in total. The molecule has 36 heavy (non-hydrogen) atoms. The predicted octanol–water partition coefficient (Wildman–Crippen LogP) is 5.06. The fraction of sp³-hybridized carbons (Fsp3) is 0.444. The first-order valence-corrected chi connectivity index (χ1v) is 13.0. The largest absolute Gasteiger partial charge is 0.291 e. The van der Waals surface area contributed by atoms with Crippen LogP contribution in [-0.4, -0.2) is 46.2 Å². The summed E-state index contributed by atoms with van der Waals surface area (Å²) in [5.41, 5.74) is 3.77. The van der Waals surface area contributed by atoms with Gasteiger partial charge in [-0.25, -0.2) is 14.8 Å². The lowest BCUT2D eigenvalue weighted by Gasteiger charge is -2.19. The molecule has 1 aliphatic carbocycles. The van der Waals surface area contributed by atoms with E-state index < -0.39 is 0 Å². The zero-order valence-electron chi connectivity index (χ0n) is 20.7. The topological polar surface area (TPSA) is 115 Å². The number of hydrogen-bond donors (Lipinski definition) is 1. The molecule has 3 aromatic heterocycles. The number of benzene rings is 1. The Morgan fingerprint density at radius 3 is 2.69 bits per heavy atom. The van der Waals surface area contributed by atoms with Gasteiger partial charge in [0.05, 0.1) is 6.54 Å². The summed E-state index contributed by atoms with van der Waals surface area (Å²) in [7, 11) is 0. The SMILES string of the molecule is CCCCc1nc(C(=O)CC2CCCCC2)nn1Cc1ccc(-c2cccnc2-c2nnn[nH]2)cc1. The van der Waals surface area contributed by atoms with Crippen LogP contribution in [0, 0.1) is 5.92 Å². The number of aromatic amines is 1. The number of ketones is 1. The number of carbonyl (C=O) groups is 1. The molecule has 4 aromatic rings. The van der Waals surface area contributed by atoms with Crippen molar-refractivity contribution in [3.05, 3.63) is 59.8 Å². The molecule has 5 rings (SSSR count). The van der Waals surface area contributed by atoms with Crippen LogP contribution in [0.4, 0.5) is 0 Å². The lowest BCUT2D eigenvalue weighted by Crippen LogP contribution is -2.13. The molecule has 1 saturated carbocycles. The molecule has 0 aliphatic heterocycles. The van der Waals surface area contributed by atoms with Gasteiger partial charge >= 0.3 is 0 Å². The second kappa shape index (κ2) is 11.3. The van der Waals surface area contributed by atoms with Gasteiger partial charge in [0.15, 0.2) is 5.82 Å². The Hall–Kier alpha value is -3.75. The van der Waals surface area contributed by atoms with Crippen LogP contribution in [0.15, 0.2) is 42.6 Å². The molecule has 0 atom stereocenters. The maximum atomic E-state index is 13.0. The Balaban J connectivity index is 1.34. The van der Waals surface area contributed by atoms with Crippen LogP contribution in [0.2, 0.25) is 0 Å². The van der Waals surface area contributed by atoms with Crippen molar-refractivity contribution < 1.29 is 4.79 Å². The quantitative estimate of drug-likeness (QED) is 0.313. The van der Waals surface area contributed by atoms with Gasteiger partial charge in [-0.3, -0.25) is 9.78 Å². The van der Waals surface area contributed by atoms with E-state index in [1.54, 1.807) is 6.20 Å². The van der Waals surface area contributed by atoms with Gasteiger partial charge in [0, 0.05) is 24.6 Å². The van der Waals surface area contributed by atoms with Gasteiger partial charge < -0.3 is 0 Å². The fourth-order valence-electron chi connectivity index (χ4n) is 4.93. The number of tetrazole rings is 1. The van der Waals surface area contributed by atoms with E-state index in [1.165, 1.54) is 19.3 Å². The zero-order chi connectivity index (χ0) is 24.7. The number of rotatable bonds is 10. The molecule has 0 spiro atoms. The van der Waals surface area contributed by atoms with Crippen molar-refractivity contribution in [3.63, 3.8) is 0 Å². The molecule has 0 bridgehead atoms. The first-order chi connectivity index (χ1) is 17.7. The average Bonchev–Trinajstić information content (AvgIpc) is 3.59. The minimum atomic E-state index is 0.0831. The van der Waals surface area contributed by atoms with Crippen LogP contribution in [0.25, 0.3) is 22.6 Å². The van der Waals surface area contributed by atoms with Crippen molar-refractivity contribution in [3.8, 4) is 22.6 Å². The van der Waals surface area contributed by atoms with Crippen molar-refractivity contribution in [2.24, 2.45) is 5.92 Å². The average molecular weight is 485 g/mol. The molecule has 1 fully saturated rings. The molecule has 0 amide bonds. The highest BCUT2D eigenvalue weighted by molar-refractivity contribution is 5.92. The minimum absolute atomic E-state index is 0.0831. The smallest absolute Gasteiger partial charge is 0.217 e. The first kappa shape index (κ1) is 24.0. The number of nitrogens with one attached hydrogen (secondary N) is 1. The van der Waals surface area contributed by atoms with E-state index in [-0.39, 0.29) is 5.78 Å². The van der Waals surface area contributed by atoms with E-state index in [4.69, 9.17) is 0 Å². The molecule has 186 valence electrons. The number of aromatic nitrogens is 8. The van der Waals surface area contributed by atoms with Crippen LogP contribution in [-0.2, 0) is 13.0 Å². The summed E-state index contributed by atoms with van der Waals surface area (Å²) >= 11 is 0. The van der Waals surface area contributed by atoms with Gasteiger partial charge in [0.25, 0.3) is 0 Å². The summed E-state index contributed by atoms with van der Waals surface area (Å²) in [6, 6.07) is 12.2. The van der Waals surface area contributed by atoms with Crippen molar-refractivity contribution in [2.45, 2.75) is 71.3 Å². The first-order valence-electron chi connectivity index (χ1n) is 13.0. The molecular formula is C27H32N8O. The summed E-state index contributed by atoms with van der Waals surface area (Å²) in [5.74, 6) is 2.36. The third kappa shape index (κ3) is 5.56. The summed E-state index contributed by atoms with van der Waals surface area (Å²) in [6.45, 7) is 2.74. The van der Waals surface area contributed by atoms with Gasteiger partial charge in [0.2, 0.25) is 11.6 Å². The number of unbranched alkanes of at least 4 members (excludes halogenated alkanes) is 1. The lowest BCUT2D eigenvalue weighted by atomic mass is 9.86. The minimum Gasteiger partial charge on any atom is -0.291 e. The summed E-state index contributed by atoms with van der Waals surface area (Å²) in [4.78, 5) is 22.1. The predicted molar refractivity (Wildman–Crippen MR) is 136 cm³/mol. The van der Waals surface area contributed by atoms with Crippen LogP contribution in [0.1, 0.15) is 80.3 Å². The molecule has 0 saturated heterocycles. The maximum absolute atomic E-state index is 13.0. The Kier molecular flexibility index (Phi) is 7.54. The van der Waals surface area contributed by atoms with Gasteiger partial charge in [-0.05, 0) is 40.0 Å². The van der Waals surface area contributed by atoms with E-state index in [0.29, 0.717) is 36.2 Å². The summed E-state index contributed by atoms with van der Waals surface area (Å²) in [5, 5.41) is 18.8.